The minimum Gasteiger partial charge on any atom is -0.456 e. The van der Waals surface area contributed by atoms with Crippen LogP contribution in [-0.2, 0) is 0 Å². The molecule has 0 fully saturated rings. The van der Waals surface area contributed by atoms with E-state index < -0.39 is 0 Å². The lowest BCUT2D eigenvalue weighted by molar-refractivity contribution is 0.669. The molecule has 0 aliphatic carbocycles. The van der Waals surface area contributed by atoms with Gasteiger partial charge < -0.3 is 22.7 Å². The van der Waals surface area contributed by atoms with Gasteiger partial charge in [0.15, 0.2) is 0 Å². The molecule has 5 nitrogen and oxygen atoms in total. The first kappa shape index (κ1) is 49.4. The topological polar surface area (TPSA) is 32.9 Å². The summed E-state index contributed by atoms with van der Waals surface area (Å²) in [6.07, 6.45) is 0. The SMILES string of the molecule is c1ccc(-n2c3ccccc3c3cc(-c4ccc5c(c4)c4ccc(-c6ccc7c(c6)c6cc(-c8ccc9c(c8)c8ccccc8n9-c8cccc9sc%10ccccc%10c89)ccc6n7-c6ccccc6)cc4n5-c4ccc5oc6ccccc6c5c4)ccc32)cc1. The minimum atomic E-state index is 0.878. The fourth-order valence-corrected chi connectivity index (χ4v) is 16.2. The molecule has 20 rings (SSSR count). The van der Waals surface area contributed by atoms with Crippen molar-refractivity contribution in [3.8, 4) is 56.1 Å². The molecule has 6 aromatic heterocycles. The number of fused-ring (bicyclic) bond motifs is 18. The van der Waals surface area contributed by atoms with Crippen molar-refractivity contribution in [1.29, 1.82) is 0 Å². The van der Waals surface area contributed by atoms with Gasteiger partial charge in [0.25, 0.3) is 0 Å². The Morgan fingerprint density at radius 2 is 0.611 bits per heavy atom. The Morgan fingerprint density at radius 3 is 1.19 bits per heavy atom. The summed E-state index contributed by atoms with van der Waals surface area (Å²) in [7, 11) is 0. The van der Waals surface area contributed by atoms with Crippen LogP contribution in [0.5, 0.6) is 0 Å². The van der Waals surface area contributed by atoms with E-state index in [1.165, 1.54) is 119 Å². The number of thiophene rings is 1. The average molecular weight is 1160 g/mol. The molecule has 14 aromatic carbocycles. The maximum atomic E-state index is 6.41. The maximum absolute atomic E-state index is 6.41. The monoisotopic (exact) mass is 1160 g/mol. The number of rotatable bonds is 7. The van der Waals surface area contributed by atoms with E-state index in [-0.39, 0.29) is 0 Å². The zero-order chi connectivity index (χ0) is 58.7. The molecule has 0 saturated heterocycles. The first-order valence-corrected chi connectivity index (χ1v) is 31.6. The third-order valence-corrected chi connectivity index (χ3v) is 20.3. The van der Waals surface area contributed by atoms with Gasteiger partial charge in [0.1, 0.15) is 11.2 Å². The Balaban J connectivity index is 0.758. The molecular weight excluding hydrogens is 1110 g/mol. The maximum Gasteiger partial charge on any atom is 0.135 e. The van der Waals surface area contributed by atoms with Crippen LogP contribution in [0.25, 0.3) is 185 Å². The number of hydrogen-bond acceptors (Lipinski definition) is 2. The lowest BCUT2D eigenvalue weighted by Crippen LogP contribution is -1.94. The molecule has 0 saturated carbocycles. The summed E-state index contributed by atoms with van der Waals surface area (Å²) in [4.78, 5) is 0. The van der Waals surface area contributed by atoms with Crippen LogP contribution in [0.4, 0.5) is 0 Å². The molecule has 90 heavy (non-hydrogen) atoms. The normalized spacial score (nSPS) is 12.2. The van der Waals surface area contributed by atoms with Crippen LogP contribution in [0.2, 0.25) is 0 Å². The molecule has 20 aromatic rings. The average Bonchev–Trinajstić information content (AvgIpc) is 1.67. The number of para-hydroxylation sites is 5. The summed E-state index contributed by atoms with van der Waals surface area (Å²) >= 11 is 1.87. The smallest absolute Gasteiger partial charge is 0.135 e. The number of benzene rings is 14. The van der Waals surface area contributed by atoms with E-state index in [0.717, 1.165) is 66.7 Å². The molecule has 0 aliphatic rings. The fourth-order valence-electron chi connectivity index (χ4n) is 15.1. The van der Waals surface area contributed by atoms with Crippen LogP contribution in [0, 0.1) is 0 Å². The Morgan fingerprint density at radius 1 is 0.211 bits per heavy atom. The van der Waals surface area contributed by atoms with Gasteiger partial charge in [-0.15, -0.1) is 11.3 Å². The molecule has 0 unspecified atom stereocenters. The largest absolute Gasteiger partial charge is 0.456 e. The summed E-state index contributed by atoms with van der Waals surface area (Å²) in [6, 6.07) is 112. The van der Waals surface area contributed by atoms with E-state index in [4.69, 9.17) is 4.42 Å². The van der Waals surface area contributed by atoms with Crippen LogP contribution >= 0.6 is 11.3 Å². The summed E-state index contributed by atoms with van der Waals surface area (Å²) in [5.41, 5.74) is 22.8. The number of furan rings is 1. The van der Waals surface area contributed by atoms with Crippen molar-refractivity contribution in [3.63, 3.8) is 0 Å². The predicted molar refractivity (Wildman–Crippen MR) is 380 cm³/mol. The molecule has 0 N–H and O–H groups in total. The van der Waals surface area contributed by atoms with E-state index in [1.54, 1.807) is 0 Å². The van der Waals surface area contributed by atoms with Gasteiger partial charge in [-0.3, -0.25) is 0 Å². The molecule has 0 spiro atoms. The number of hydrogen-bond donors (Lipinski definition) is 0. The number of aromatic nitrogens is 4. The van der Waals surface area contributed by atoms with Gasteiger partial charge in [-0.05, 0) is 179 Å². The van der Waals surface area contributed by atoms with Crippen LogP contribution < -0.4 is 0 Å². The summed E-state index contributed by atoms with van der Waals surface area (Å²) in [6.45, 7) is 0. The van der Waals surface area contributed by atoms with Crippen LogP contribution in [-0.4, -0.2) is 18.3 Å². The molecule has 0 bridgehead atoms. The van der Waals surface area contributed by atoms with Gasteiger partial charge in [-0.25, -0.2) is 0 Å². The van der Waals surface area contributed by atoms with Crippen molar-refractivity contribution < 1.29 is 4.42 Å². The van der Waals surface area contributed by atoms with Crippen molar-refractivity contribution >= 4 is 141 Å². The van der Waals surface area contributed by atoms with Crippen LogP contribution in [0.3, 0.4) is 0 Å². The lowest BCUT2D eigenvalue weighted by atomic mass is 9.98. The van der Waals surface area contributed by atoms with Gasteiger partial charge in [-0.2, -0.15) is 0 Å². The van der Waals surface area contributed by atoms with Crippen molar-refractivity contribution in [2.45, 2.75) is 0 Å². The zero-order valence-corrected chi connectivity index (χ0v) is 49.3. The molecule has 0 amide bonds. The molecule has 0 radical (unpaired) electrons. The summed E-state index contributed by atoms with van der Waals surface area (Å²) in [5.74, 6) is 0. The van der Waals surface area contributed by atoms with Crippen LogP contribution in [0.15, 0.2) is 308 Å². The molecule has 418 valence electrons. The quantitative estimate of drug-likeness (QED) is 0.157. The van der Waals surface area contributed by atoms with Crippen molar-refractivity contribution in [1.82, 2.24) is 18.3 Å². The van der Waals surface area contributed by atoms with E-state index in [1.807, 2.05) is 17.4 Å². The molecule has 0 atom stereocenters. The Labute approximate surface area is 519 Å². The van der Waals surface area contributed by atoms with Crippen molar-refractivity contribution in [3.05, 3.63) is 303 Å². The van der Waals surface area contributed by atoms with E-state index >= 15 is 0 Å². The second-order valence-corrected chi connectivity index (χ2v) is 25.0. The van der Waals surface area contributed by atoms with Gasteiger partial charge >= 0.3 is 0 Å². The summed E-state index contributed by atoms with van der Waals surface area (Å²) in [5, 5.41) is 14.6. The van der Waals surface area contributed by atoms with E-state index in [0.29, 0.717) is 0 Å². The van der Waals surface area contributed by atoms with Crippen molar-refractivity contribution in [2.75, 3.05) is 0 Å². The highest BCUT2D eigenvalue weighted by atomic mass is 32.1. The van der Waals surface area contributed by atoms with E-state index in [2.05, 4.69) is 316 Å². The molecule has 6 heteroatoms. The first-order chi connectivity index (χ1) is 44.6. The zero-order valence-electron chi connectivity index (χ0n) is 48.5. The third-order valence-electron chi connectivity index (χ3n) is 19.1. The Bertz CT molecular complexity index is 6410. The second-order valence-electron chi connectivity index (χ2n) is 24.0. The lowest BCUT2D eigenvalue weighted by Gasteiger charge is -2.11. The Kier molecular flexibility index (Phi) is 10.4. The molecular formula is C84H50N4OS. The van der Waals surface area contributed by atoms with Gasteiger partial charge in [-0.1, -0.05) is 158 Å². The first-order valence-electron chi connectivity index (χ1n) is 30.8. The molecule has 6 heterocycles. The highest BCUT2D eigenvalue weighted by Gasteiger charge is 2.22. The fraction of sp³-hybridized carbons (Fsp3) is 0. The third kappa shape index (κ3) is 7.19. The number of nitrogens with zero attached hydrogens (tertiary/aromatic N) is 4. The standard InChI is InChI=1S/C84H50N4OS/c1-3-16-57(17-4-1)85-71-24-11-7-20-60(71)65-44-51(31-38-73(65)85)52-32-39-74-67(46-52)62-37-30-56(49-79(62)87(74)59-36-43-81-70(50-59)63-22-9-13-27-80(63)89-81)55-34-41-76-69(48-55)68-47-54(33-40-75(68)86(76)58-18-5-2-6-19-58)53-35-42-77-66(45-53)61-21-8-12-25-72(61)88(77)78-26-15-29-83-84(78)64-23-10-14-28-82(64)90-83/h1-50H. The second kappa shape index (κ2) is 18.9. The van der Waals surface area contributed by atoms with Gasteiger partial charge in [0, 0.05) is 91.1 Å². The minimum absolute atomic E-state index is 0.878. The highest BCUT2D eigenvalue weighted by molar-refractivity contribution is 7.25. The van der Waals surface area contributed by atoms with E-state index in [9.17, 15) is 0 Å². The Hall–Kier alpha value is -11.7. The van der Waals surface area contributed by atoms with Gasteiger partial charge in [0.2, 0.25) is 0 Å². The van der Waals surface area contributed by atoms with Crippen molar-refractivity contribution in [2.24, 2.45) is 0 Å². The summed E-state index contributed by atoms with van der Waals surface area (Å²) < 4.78 is 18.8. The van der Waals surface area contributed by atoms with Crippen LogP contribution in [0.1, 0.15) is 0 Å². The van der Waals surface area contributed by atoms with Gasteiger partial charge in [0.05, 0.1) is 49.8 Å². The molecule has 0 aliphatic heterocycles. The predicted octanol–water partition coefficient (Wildman–Crippen LogP) is 23.3. The highest BCUT2D eigenvalue weighted by Crippen LogP contribution is 2.45.